The molecule has 2 N–H and O–H groups in total. The van der Waals surface area contributed by atoms with Gasteiger partial charge in [0.1, 0.15) is 4.90 Å². The van der Waals surface area contributed by atoms with E-state index in [4.69, 9.17) is 0 Å². The van der Waals surface area contributed by atoms with Crippen molar-refractivity contribution in [1.29, 1.82) is 0 Å². The Balaban J connectivity index is 1.49. The number of likely N-dealkylation sites (tertiary alicyclic amines) is 1. The zero-order valence-corrected chi connectivity index (χ0v) is 13.1. The molecule has 0 radical (unpaired) electrons. The van der Waals surface area contributed by atoms with Gasteiger partial charge in [0.05, 0.1) is 6.20 Å². The summed E-state index contributed by atoms with van der Waals surface area (Å²) >= 11 is 0. The summed E-state index contributed by atoms with van der Waals surface area (Å²) in [6.45, 7) is 2.66. The van der Waals surface area contributed by atoms with E-state index in [1.807, 2.05) is 0 Å². The molecule has 6 nitrogen and oxygen atoms in total. The van der Waals surface area contributed by atoms with E-state index >= 15 is 0 Å². The number of H-pyrrole nitrogens is 1. The molecule has 1 aromatic rings. The maximum atomic E-state index is 12.0. The maximum absolute atomic E-state index is 12.0. The van der Waals surface area contributed by atoms with Crippen LogP contribution >= 0.6 is 0 Å². The maximum Gasteiger partial charge on any atom is 0.243 e. The van der Waals surface area contributed by atoms with Crippen molar-refractivity contribution in [2.24, 2.45) is 5.92 Å². The third kappa shape index (κ3) is 3.64. The Bertz CT molecular complexity index is 537. The second kappa shape index (κ2) is 6.46. The van der Waals surface area contributed by atoms with Crippen LogP contribution in [-0.2, 0) is 10.0 Å². The van der Waals surface area contributed by atoms with Crippen molar-refractivity contribution in [3.63, 3.8) is 0 Å². The molecule has 2 aliphatic rings. The zero-order chi connectivity index (χ0) is 14.7. The van der Waals surface area contributed by atoms with Crippen molar-refractivity contribution in [3.05, 3.63) is 12.4 Å². The van der Waals surface area contributed by atoms with Gasteiger partial charge in [0.15, 0.2) is 0 Å². The average molecular weight is 312 g/mol. The van der Waals surface area contributed by atoms with E-state index in [1.54, 1.807) is 0 Å². The summed E-state index contributed by atoms with van der Waals surface area (Å²) in [5.74, 6) is 0.425. The standard InChI is InChI=1S/C14H24N4O2S/c19-21(20,14-9-15-16-10-14)17-8-12-6-7-18(11-12)13-4-2-1-3-5-13/h9-10,12-13,17H,1-8,11H2,(H,15,16)/t12-/m0/s1. The summed E-state index contributed by atoms with van der Waals surface area (Å²) < 4.78 is 26.8. The van der Waals surface area contributed by atoms with Gasteiger partial charge in [-0.3, -0.25) is 5.10 Å². The molecule has 2 fully saturated rings. The predicted octanol–water partition coefficient (Wildman–Crippen LogP) is 1.34. The molecule has 1 aliphatic heterocycles. The SMILES string of the molecule is O=S(=O)(NC[C@@H]1CCN(C2CCCCC2)C1)c1cn[nH]c1. The molecule has 1 aliphatic carbocycles. The summed E-state index contributed by atoms with van der Waals surface area (Å²) in [5, 5.41) is 6.23. The lowest BCUT2D eigenvalue weighted by Gasteiger charge is -2.31. The molecule has 0 amide bonds. The number of nitrogens with zero attached hydrogens (tertiary/aromatic N) is 2. The Morgan fingerprint density at radius 1 is 1.29 bits per heavy atom. The largest absolute Gasteiger partial charge is 0.300 e. The van der Waals surface area contributed by atoms with Crippen molar-refractivity contribution in [2.45, 2.75) is 49.5 Å². The van der Waals surface area contributed by atoms with Crippen molar-refractivity contribution >= 4 is 10.0 Å². The normalized spacial score (nSPS) is 25.4. The van der Waals surface area contributed by atoms with E-state index in [2.05, 4.69) is 19.8 Å². The lowest BCUT2D eigenvalue weighted by molar-refractivity contribution is 0.185. The van der Waals surface area contributed by atoms with Crippen LogP contribution < -0.4 is 4.72 Å². The number of sulfonamides is 1. The van der Waals surface area contributed by atoms with Gasteiger partial charge in [0, 0.05) is 25.3 Å². The number of nitrogens with one attached hydrogen (secondary N) is 2. The molecule has 1 saturated heterocycles. The molecular formula is C14H24N4O2S. The quantitative estimate of drug-likeness (QED) is 0.860. The molecule has 0 bridgehead atoms. The fourth-order valence-electron chi connectivity index (χ4n) is 3.50. The molecule has 1 atom stereocenters. The van der Waals surface area contributed by atoms with Gasteiger partial charge in [0.25, 0.3) is 0 Å². The summed E-state index contributed by atoms with van der Waals surface area (Å²) in [6, 6.07) is 0.731. The predicted molar refractivity (Wildman–Crippen MR) is 80.3 cm³/mol. The fourth-order valence-corrected chi connectivity index (χ4v) is 4.53. The smallest absolute Gasteiger partial charge is 0.243 e. The Hall–Kier alpha value is -0.920. The third-order valence-corrected chi connectivity index (χ3v) is 6.14. The zero-order valence-electron chi connectivity index (χ0n) is 12.3. The molecule has 1 saturated carbocycles. The summed E-state index contributed by atoms with van der Waals surface area (Å²) in [5.41, 5.74) is 0. The second-order valence-electron chi connectivity index (χ2n) is 6.23. The van der Waals surface area contributed by atoms with Crippen LogP contribution in [0.5, 0.6) is 0 Å². The third-order valence-electron chi connectivity index (χ3n) is 4.75. The van der Waals surface area contributed by atoms with Gasteiger partial charge in [-0.25, -0.2) is 13.1 Å². The molecule has 7 heteroatoms. The van der Waals surface area contributed by atoms with Crippen LogP contribution in [0.25, 0.3) is 0 Å². The molecular weight excluding hydrogens is 288 g/mol. The van der Waals surface area contributed by atoms with E-state index < -0.39 is 10.0 Å². The number of rotatable bonds is 5. The van der Waals surface area contributed by atoms with Gasteiger partial charge in [-0.1, -0.05) is 19.3 Å². The van der Waals surface area contributed by atoms with Gasteiger partial charge in [-0.05, 0) is 31.7 Å². The highest BCUT2D eigenvalue weighted by molar-refractivity contribution is 7.89. The molecule has 0 unspecified atom stereocenters. The van der Waals surface area contributed by atoms with Crippen LogP contribution in [0.3, 0.4) is 0 Å². The molecule has 2 heterocycles. The average Bonchev–Trinajstić information content (AvgIpc) is 3.18. The van der Waals surface area contributed by atoms with Crippen molar-refractivity contribution in [1.82, 2.24) is 19.8 Å². The fraction of sp³-hybridized carbons (Fsp3) is 0.786. The first kappa shape index (κ1) is 15.0. The minimum Gasteiger partial charge on any atom is -0.300 e. The van der Waals surface area contributed by atoms with E-state index in [9.17, 15) is 8.42 Å². The Kier molecular flexibility index (Phi) is 4.61. The van der Waals surface area contributed by atoms with E-state index in [-0.39, 0.29) is 4.90 Å². The molecule has 21 heavy (non-hydrogen) atoms. The number of hydrogen-bond donors (Lipinski definition) is 2. The van der Waals surface area contributed by atoms with Gasteiger partial charge in [-0.15, -0.1) is 0 Å². The van der Waals surface area contributed by atoms with Crippen LogP contribution in [0, 0.1) is 5.92 Å². The Labute approximate surface area is 126 Å². The Morgan fingerprint density at radius 3 is 2.81 bits per heavy atom. The van der Waals surface area contributed by atoms with Crippen molar-refractivity contribution in [2.75, 3.05) is 19.6 Å². The topological polar surface area (TPSA) is 78.1 Å². The van der Waals surface area contributed by atoms with Crippen molar-refractivity contribution < 1.29 is 8.42 Å². The minimum atomic E-state index is -3.41. The highest BCUT2D eigenvalue weighted by Gasteiger charge is 2.29. The first-order chi connectivity index (χ1) is 10.1. The second-order valence-corrected chi connectivity index (χ2v) is 7.99. The van der Waals surface area contributed by atoms with Crippen LogP contribution in [0.1, 0.15) is 38.5 Å². The highest BCUT2D eigenvalue weighted by Crippen LogP contribution is 2.27. The first-order valence-electron chi connectivity index (χ1n) is 7.87. The summed E-state index contributed by atoms with van der Waals surface area (Å²) in [6.07, 6.45) is 10.5. The molecule has 118 valence electrons. The monoisotopic (exact) mass is 312 g/mol. The molecule has 3 rings (SSSR count). The Morgan fingerprint density at radius 2 is 2.10 bits per heavy atom. The summed E-state index contributed by atoms with van der Waals surface area (Å²) in [4.78, 5) is 2.78. The number of aromatic nitrogens is 2. The van der Waals surface area contributed by atoms with Crippen molar-refractivity contribution in [3.8, 4) is 0 Å². The van der Waals surface area contributed by atoms with Gasteiger partial charge < -0.3 is 4.90 Å². The molecule has 0 aromatic carbocycles. The molecule has 1 aromatic heterocycles. The van der Waals surface area contributed by atoms with Crippen LogP contribution in [0.4, 0.5) is 0 Å². The van der Waals surface area contributed by atoms with Crippen LogP contribution in [-0.4, -0.2) is 49.2 Å². The molecule has 0 spiro atoms. The minimum absolute atomic E-state index is 0.213. The lowest BCUT2D eigenvalue weighted by Crippen LogP contribution is -2.36. The van der Waals surface area contributed by atoms with E-state index in [1.165, 1.54) is 44.5 Å². The van der Waals surface area contributed by atoms with Gasteiger partial charge in [0.2, 0.25) is 10.0 Å². The lowest BCUT2D eigenvalue weighted by atomic mass is 9.94. The van der Waals surface area contributed by atoms with E-state index in [0.717, 1.165) is 25.6 Å². The number of hydrogen-bond acceptors (Lipinski definition) is 4. The van der Waals surface area contributed by atoms with Gasteiger partial charge in [-0.2, -0.15) is 5.10 Å². The van der Waals surface area contributed by atoms with Gasteiger partial charge >= 0.3 is 0 Å². The van der Waals surface area contributed by atoms with E-state index in [0.29, 0.717) is 12.5 Å². The first-order valence-corrected chi connectivity index (χ1v) is 9.36. The van der Waals surface area contributed by atoms with Crippen LogP contribution in [0.2, 0.25) is 0 Å². The summed E-state index contributed by atoms with van der Waals surface area (Å²) in [7, 11) is -3.41. The van der Waals surface area contributed by atoms with Crippen LogP contribution in [0.15, 0.2) is 17.3 Å². The highest BCUT2D eigenvalue weighted by atomic mass is 32.2. The number of aromatic amines is 1.